The smallest absolute Gasteiger partial charge is 0.465 e. The van der Waals surface area contributed by atoms with Crippen molar-refractivity contribution in [3.63, 3.8) is 0 Å². The molecule has 0 aliphatic carbocycles. The third-order valence-electron chi connectivity index (χ3n) is 2.09. The molecule has 0 aromatic carbocycles. The second-order valence-corrected chi connectivity index (χ2v) is 3.34. The van der Waals surface area contributed by atoms with Gasteiger partial charge in [-0.15, -0.1) is 13.2 Å². The zero-order valence-electron chi connectivity index (χ0n) is 9.67. The van der Waals surface area contributed by atoms with Crippen molar-refractivity contribution >= 4 is 5.97 Å². The molecular formula is C10H11F3N2O3. The second kappa shape index (κ2) is 5.21. The molecule has 1 aromatic rings. The summed E-state index contributed by atoms with van der Waals surface area (Å²) in [6.07, 6.45) is -3.77. The molecule has 5 nitrogen and oxygen atoms in total. The first kappa shape index (κ1) is 14.2. The van der Waals surface area contributed by atoms with Gasteiger partial charge in [-0.1, -0.05) is 0 Å². The fraction of sp³-hybridized carbons (Fsp3) is 0.400. The molecule has 0 amide bonds. The predicted molar refractivity (Wildman–Crippen MR) is 54.9 cm³/mol. The first-order chi connectivity index (χ1) is 8.30. The molecule has 0 aliphatic rings. The van der Waals surface area contributed by atoms with E-state index in [1.807, 2.05) is 0 Å². The molecule has 0 spiro atoms. The van der Waals surface area contributed by atoms with Gasteiger partial charge in [-0.2, -0.15) is 0 Å². The van der Waals surface area contributed by atoms with Gasteiger partial charge in [-0.05, 0) is 6.92 Å². The topological polar surface area (TPSA) is 74.4 Å². The monoisotopic (exact) mass is 264 g/mol. The normalized spacial score (nSPS) is 11.2. The molecule has 8 heteroatoms. The van der Waals surface area contributed by atoms with E-state index in [0.29, 0.717) is 0 Å². The van der Waals surface area contributed by atoms with Crippen LogP contribution in [0.2, 0.25) is 0 Å². The maximum Gasteiger partial charge on any atom is 0.573 e. The van der Waals surface area contributed by atoms with Crippen LogP contribution in [0.15, 0.2) is 6.20 Å². The van der Waals surface area contributed by atoms with Crippen LogP contribution < -0.4 is 10.5 Å². The molecule has 2 N–H and O–H groups in total. The van der Waals surface area contributed by atoms with E-state index in [0.717, 1.165) is 13.3 Å². The van der Waals surface area contributed by atoms with Crippen molar-refractivity contribution in [2.24, 2.45) is 5.73 Å². The van der Waals surface area contributed by atoms with Gasteiger partial charge in [0.1, 0.15) is 11.3 Å². The Morgan fingerprint density at radius 1 is 1.50 bits per heavy atom. The molecule has 0 aliphatic heterocycles. The minimum atomic E-state index is -4.92. The standard InChI is InChI=1S/C10H11F3N2O3/c1-5-4-15-6(3-14)7(9(16)17-2)8(5)18-10(11,12)13/h4H,3,14H2,1-2H3. The Morgan fingerprint density at radius 3 is 2.56 bits per heavy atom. The number of methoxy groups -OCH3 is 1. The van der Waals surface area contributed by atoms with Crippen molar-refractivity contribution in [2.75, 3.05) is 7.11 Å². The quantitative estimate of drug-likeness (QED) is 0.838. The van der Waals surface area contributed by atoms with Gasteiger partial charge in [0.25, 0.3) is 0 Å². The average Bonchev–Trinajstić information content (AvgIpc) is 2.29. The number of halogens is 3. The third kappa shape index (κ3) is 3.10. The number of alkyl halides is 3. The highest BCUT2D eigenvalue weighted by Crippen LogP contribution is 2.31. The Bertz CT molecular complexity index is 460. The lowest BCUT2D eigenvalue weighted by Crippen LogP contribution is -2.22. The van der Waals surface area contributed by atoms with E-state index in [1.165, 1.54) is 6.92 Å². The van der Waals surface area contributed by atoms with Crippen LogP contribution in [0.5, 0.6) is 5.75 Å². The highest BCUT2D eigenvalue weighted by molar-refractivity contribution is 5.94. The maximum atomic E-state index is 12.3. The summed E-state index contributed by atoms with van der Waals surface area (Å²) in [7, 11) is 1.04. The number of nitrogens with two attached hydrogens (primary N) is 1. The summed E-state index contributed by atoms with van der Waals surface area (Å²) in [6.45, 7) is 1.12. The van der Waals surface area contributed by atoms with E-state index in [1.54, 1.807) is 0 Å². The van der Waals surface area contributed by atoms with Gasteiger partial charge < -0.3 is 15.2 Å². The largest absolute Gasteiger partial charge is 0.573 e. The molecule has 0 unspecified atom stereocenters. The SMILES string of the molecule is COC(=O)c1c(CN)ncc(C)c1OC(F)(F)F. The van der Waals surface area contributed by atoms with Gasteiger partial charge in [0.2, 0.25) is 0 Å². The molecule has 0 saturated heterocycles. The number of pyridine rings is 1. The van der Waals surface area contributed by atoms with Gasteiger partial charge >= 0.3 is 12.3 Å². The van der Waals surface area contributed by atoms with Crippen LogP contribution in [0.3, 0.4) is 0 Å². The molecule has 0 saturated carbocycles. The van der Waals surface area contributed by atoms with Crippen LogP contribution in [0.4, 0.5) is 13.2 Å². The summed E-state index contributed by atoms with van der Waals surface area (Å²) in [5.41, 5.74) is 4.95. The molecule has 0 radical (unpaired) electrons. The lowest BCUT2D eigenvalue weighted by atomic mass is 10.1. The number of hydrogen-bond donors (Lipinski definition) is 1. The first-order valence-corrected chi connectivity index (χ1v) is 4.82. The number of aromatic nitrogens is 1. The van der Waals surface area contributed by atoms with Crippen molar-refractivity contribution in [3.8, 4) is 5.75 Å². The second-order valence-electron chi connectivity index (χ2n) is 3.34. The van der Waals surface area contributed by atoms with Gasteiger partial charge in [0.05, 0.1) is 12.8 Å². The van der Waals surface area contributed by atoms with Crippen LogP contribution in [0.1, 0.15) is 21.6 Å². The number of esters is 1. The van der Waals surface area contributed by atoms with E-state index >= 15 is 0 Å². The lowest BCUT2D eigenvalue weighted by molar-refractivity contribution is -0.275. The Labute approximate surface area is 101 Å². The molecule has 1 rings (SSSR count). The highest BCUT2D eigenvalue weighted by atomic mass is 19.4. The molecule has 1 aromatic heterocycles. The predicted octanol–water partition coefficient (Wildman–Crippen LogP) is 1.53. The Hall–Kier alpha value is -1.83. The maximum absolute atomic E-state index is 12.3. The Balaban J connectivity index is 3.41. The van der Waals surface area contributed by atoms with E-state index in [9.17, 15) is 18.0 Å². The summed E-state index contributed by atoms with van der Waals surface area (Å²) >= 11 is 0. The number of aryl methyl sites for hydroxylation is 1. The average molecular weight is 264 g/mol. The number of hydrogen-bond acceptors (Lipinski definition) is 5. The minimum absolute atomic E-state index is 0.0216. The fourth-order valence-electron chi connectivity index (χ4n) is 1.34. The van der Waals surface area contributed by atoms with E-state index < -0.39 is 23.6 Å². The third-order valence-corrected chi connectivity index (χ3v) is 2.09. The first-order valence-electron chi connectivity index (χ1n) is 4.82. The van der Waals surface area contributed by atoms with Gasteiger partial charge in [-0.25, -0.2) is 4.79 Å². The van der Waals surface area contributed by atoms with Crippen LogP contribution in [0, 0.1) is 6.92 Å². The molecule has 18 heavy (non-hydrogen) atoms. The van der Waals surface area contributed by atoms with Crippen molar-refractivity contribution in [1.29, 1.82) is 0 Å². The van der Waals surface area contributed by atoms with E-state index in [2.05, 4.69) is 14.5 Å². The molecular weight excluding hydrogens is 253 g/mol. The molecule has 0 bridgehead atoms. The molecule has 1 heterocycles. The fourth-order valence-corrected chi connectivity index (χ4v) is 1.34. The number of ether oxygens (including phenoxy) is 2. The van der Waals surface area contributed by atoms with E-state index in [-0.39, 0.29) is 17.8 Å². The molecule has 0 atom stereocenters. The number of carbonyl (C=O) groups is 1. The van der Waals surface area contributed by atoms with Crippen LogP contribution >= 0.6 is 0 Å². The van der Waals surface area contributed by atoms with Crippen molar-refractivity contribution < 1.29 is 27.4 Å². The van der Waals surface area contributed by atoms with Crippen LogP contribution in [0.25, 0.3) is 0 Å². The van der Waals surface area contributed by atoms with Crippen molar-refractivity contribution in [2.45, 2.75) is 19.8 Å². The minimum Gasteiger partial charge on any atom is -0.465 e. The summed E-state index contributed by atoms with van der Waals surface area (Å²) in [5, 5.41) is 0. The summed E-state index contributed by atoms with van der Waals surface area (Å²) in [4.78, 5) is 15.3. The van der Waals surface area contributed by atoms with Gasteiger partial charge in [0, 0.05) is 18.3 Å². The molecule has 0 fully saturated rings. The zero-order valence-corrected chi connectivity index (χ0v) is 9.67. The molecule has 100 valence electrons. The lowest BCUT2D eigenvalue weighted by Gasteiger charge is -2.16. The Kier molecular flexibility index (Phi) is 4.12. The summed E-state index contributed by atoms with van der Waals surface area (Å²) in [6, 6.07) is 0. The number of rotatable bonds is 3. The Morgan fingerprint density at radius 2 is 2.11 bits per heavy atom. The van der Waals surface area contributed by atoms with Crippen molar-refractivity contribution in [3.05, 3.63) is 23.0 Å². The van der Waals surface area contributed by atoms with Crippen LogP contribution in [-0.2, 0) is 11.3 Å². The van der Waals surface area contributed by atoms with Gasteiger partial charge in [-0.3, -0.25) is 4.98 Å². The highest BCUT2D eigenvalue weighted by Gasteiger charge is 2.35. The number of carbonyl (C=O) groups excluding carboxylic acids is 1. The van der Waals surface area contributed by atoms with Crippen molar-refractivity contribution in [1.82, 2.24) is 4.98 Å². The number of nitrogens with zero attached hydrogens (tertiary/aromatic N) is 1. The van der Waals surface area contributed by atoms with E-state index in [4.69, 9.17) is 5.73 Å². The zero-order chi connectivity index (χ0) is 13.9. The van der Waals surface area contributed by atoms with Gasteiger partial charge in [0.15, 0.2) is 0 Å². The summed E-state index contributed by atoms with van der Waals surface area (Å²) < 4.78 is 45.1. The van der Waals surface area contributed by atoms with Crippen LogP contribution in [-0.4, -0.2) is 24.4 Å². The summed E-state index contributed by atoms with van der Waals surface area (Å²) in [5.74, 6) is -1.62.